The van der Waals surface area contributed by atoms with E-state index < -0.39 is 0 Å². The van der Waals surface area contributed by atoms with Gasteiger partial charge in [-0.05, 0) is 42.7 Å². The number of nitrogens with zero attached hydrogens (tertiary/aromatic N) is 1. The predicted octanol–water partition coefficient (Wildman–Crippen LogP) is 3.85. The van der Waals surface area contributed by atoms with E-state index in [1.54, 1.807) is 13.3 Å². The summed E-state index contributed by atoms with van der Waals surface area (Å²) >= 11 is 0. The Bertz CT molecular complexity index is 832. The number of nitrogens with one attached hydrogen (secondary N) is 1. The van der Waals surface area contributed by atoms with E-state index >= 15 is 0 Å². The molecule has 1 aromatic heterocycles. The molecule has 0 atom stereocenters. The highest BCUT2D eigenvalue weighted by molar-refractivity contribution is 6.02. The molecule has 4 nitrogen and oxygen atoms in total. The minimum Gasteiger partial charge on any atom is -0.497 e. The van der Waals surface area contributed by atoms with E-state index in [1.165, 1.54) is 5.56 Å². The topological polar surface area (TPSA) is 57.6 Å². The standard InChI is InChI=1S/C19H20N2O2/c1-13-3-8-16-17(19(22)21-18(16)11-13)12-20-10-9-14-4-6-15(23-2)7-5-14/h3-8,11-12,21-22H,9-10H2,1-2H3. The molecule has 0 aliphatic rings. The average molecular weight is 308 g/mol. The van der Waals surface area contributed by atoms with Crippen LogP contribution in [-0.2, 0) is 6.42 Å². The SMILES string of the molecule is COc1ccc(CCN=Cc2c(O)[nH]c3cc(C)ccc23)cc1. The number of aromatic amines is 1. The number of aliphatic imine (C=N–C) groups is 1. The van der Waals surface area contributed by atoms with Crippen LogP contribution in [0.25, 0.3) is 10.9 Å². The molecule has 0 spiro atoms. The van der Waals surface area contributed by atoms with Crippen LogP contribution in [0.3, 0.4) is 0 Å². The predicted molar refractivity (Wildman–Crippen MR) is 93.9 cm³/mol. The molecule has 0 aliphatic carbocycles. The molecule has 3 aromatic rings. The Morgan fingerprint density at radius 1 is 1.17 bits per heavy atom. The molecule has 2 N–H and O–H groups in total. The summed E-state index contributed by atoms with van der Waals surface area (Å²) in [7, 11) is 1.66. The summed E-state index contributed by atoms with van der Waals surface area (Å²) in [6, 6.07) is 14.0. The number of hydrogen-bond acceptors (Lipinski definition) is 3. The molecule has 1 heterocycles. The van der Waals surface area contributed by atoms with Gasteiger partial charge in [0.05, 0.1) is 12.7 Å². The summed E-state index contributed by atoms with van der Waals surface area (Å²) in [4.78, 5) is 7.44. The van der Waals surface area contributed by atoms with Crippen molar-refractivity contribution in [2.24, 2.45) is 4.99 Å². The van der Waals surface area contributed by atoms with Crippen LogP contribution in [0.15, 0.2) is 47.5 Å². The van der Waals surface area contributed by atoms with Crippen LogP contribution >= 0.6 is 0 Å². The number of rotatable bonds is 5. The largest absolute Gasteiger partial charge is 0.497 e. The molecule has 2 aromatic carbocycles. The number of fused-ring (bicyclic) bond motifs is 1. The molecular weight excluding hydrogens is 288 g/mol. The van der Waals surface area contributed by atoms with Crippen molar-refractivity contribution in [2.75, 3.05) is 13.7 Å². The molecule has 0 unspecified atom stereocenters. The summed E-state index contributed by atoms with van der Waals surface area (Å²) < 4.78 is 5.15. The van der Waals surface area contributed by atoms with Crippen molar-refractivity contribution < 1.29 is 9.84 Å². The van der Waals surface area contributed by atoms with E-state index in [-0.39, 0.29) is 5.88 Å². The van der Waals surface area contributed by atoms with Crippen molar-refractivity contribution in [3.05, 3.63) is 59.2 Å². The second-order valence-corrected chi connectivity index (χ2v) is 5.57. The van der Waals surface area contributed by atoms with Gasteiger partial charge < -0.3 is 14.8 Å². The lowest BCUT2D eigenvalue weighted by Crippen LogP contribution is -1.91. The monoisotopic (exact) mass is 308 g/mol. The van der Waals surface area contributed by atoms with Crippen molar-refractivity contribution >= 4 is 17.1 Å². The fraction of sp³-hybridized carbons (Fsp3) is 0.211. The zero-order chi connectivity index (χ0) is 16.2. The van der Waals surface area contributed by atoms with Gasteiger partial charge in [-0.25, -0.2) is 0 Å². The van der Waals surface area contributed by atoms with Crippen molar-refractivity contribution in [2.45, 2.75) is 13.3 Å². The minimum absolute atomic E-state index is 0.166. The molecule has 0 bridgehead atoms. The lowest BCUT2D eigenvalue weighted by molar-refractivity contribution is 0.414. The van der Waals surface area contributed by atoms with E-state index in [9.17, 15) is 5.11 Å². The van der Waals surface area contributed by atoms with Crippen LogP contribution < -0.4 is 4.74 Å². The van der Waals surface area contributed by atoms with E-state index in [4.69, 9.17) is 4.74 Å². The number of aromatic hydroxyl groups is 1. The summed E-state index contributed by atoms with van der Waals surface area (Å²) in [6.07, 6.45) is 2.59. The Morgan fingerprint density at radius 2 is 1.96 bits per heavy atom. The number of H-pyrrole nitrogens is 1. The maximum Gasteiger partial charge on any atom is 0.198 e. The zero-order valence-corrected chi connectivity index (χ0v) is 13.3. The van der Waals surface area contributed by atoms with Gasteiger partial charge in [-0.2, -0.15) is 0 Å². The molecule has 118 valence electrons. The maximum absolute atomic E-state index is 10.0. The lowest BCUT2D eigenvalue weighted by Gasteiger charge is -2.01. The normalized spacial score (nSPS) is 11.4. The van der Waals surface area contributed by atoms with Crippen molar-refractivity contribution in [3.8, 4) is 11.6 Å². The van der Waals surface area contributed by atoms with E-state index in [2.05, 4.69) is 9.98 Å². The first-order chi connectivity index (χ1) is 11.2. The van der Waals surface area contributed by atoms with Gasteiger partial charge in [0.15, 0.2) is 5.88 Å². The van der Waals surface area contributed by atoms with Gasteiger partial charge in [0.1, 0.15) is 5.75 Å². The van der Waals surface area contributed by atoms with E-state index in [0.29, 0.717) is 6.54 Å². The van der Waals surface area contributed by atoms with Crippen LogP contribution in [0.2, 0.25) is 0 Å². The Labute approximate surface area is 135 Å². The van der Waals surface area contributed by atoms with E-state index in [1.807, 2.05) is 49.4 Å². The molecule has 3 rings (SSSR count). The molecule has 0 amide bonds. The third-order valence-corrected chi connectivity index (χ3v) is 3.88. The lowest BCUT2D eigenvalue weighted by atomic mass is 10.1. The Kier molecular flexibility index (Phi) is 4.33. The van der Waals surface area contributed by atoms with Gasteiger partial charge in [0, 0.05) is 23.7 Å². The van der Waals surface area contributed by atoms with Gasteiger partial charge in [-0.3, -0.25) is 4.99 Å². The van der Waals surface area contributed by atoms with Gasteiger partial charge >= 0.3 is 0 Å². The third-order valence-electron chi connectivity index (χ3n) is 3.88. The van der Waals surface area contributed by atoms with Crippen molar-refractivity contribution in [1.82, 2.24) is 4.98 Å². The Morgan fingerprint density at radius 3 is 2.70 bits per heavy atom. The first kappa shape index (κ1) is 15.2. The number of aromatic nitrogens is 1. The molecule has 0 fully saturated rings. The number of ether oxygens (including phenoxy) is 1. The highest BCUT2D eigenvalue weighted by Gasteiger charge is 2.08. The van der Waals surface area contributed by atoms with Crippen LogP contribution in [0, 0.1) is 6.92 Å². The number of hydrogen-bond donors (Lipinski definition) is 2. The Balaban J connectivity index is 1.69. The number of methoxy groups -OCH3 is 1. The second kappa shape index (κ2) is 6.57. The summed E-state index contributed by atoms with van der Waals surface area (Å²) in [5.41, 5.74) is 4.04. The quantitative estimate of drug-likeness (QED) is 0.703. The summed E-state index contributed by atoms with van der Waals surface area (Å²) in [5.74, 6) is 1.02. The Hall–Kier alpha value is -2.75. The highest BCUT2D eigenvalue weighted by Crippen LogP contribution is 2.26. The van der Waals surface area contributed by atoms with Gasteiger partial charge in [-0.1, -0.05) is 24.3 Å². The van der Waals surface area contributed by atoms with Crippen molar-refractivity contribution in [1.29, 1.82) is 0 Å². The van der Waals surface area contributed by atoms with Gasteiger partial charge in [0.25, 0.3) is 0 Å². The van der Waals surface area contributed by atoms with Gasteiger partial charge in [0.2, 0.25) is 0 Å². The molecule has 0 radical (unpaired) electrons. The van der Waals surface area contributed by atoms with Crippen LogP contribution in [0.4, 0.5) is 0 Å². The van der Waals surface area contributed by atoms with Crippen LogP contribution in [0.5, 0.6) is 11.6 Å². The fourth-order valence-electron chi connectivity index (χ4n) is 2.59. The zero-order valence-electron chi connectivity index (χ0n) is 13.3. The fourth-order valence-corrected chi connectivity index (χ4v) is 2.59. The first-order valence-corrected chi connectivity index (χ1v) is 7.61. The average Bonchev–Trinajstić information content (AvgIpc) is 2.86. The smallest absolute Gasteiger partial charge is 0.198 e. The summed E-state index contributed by atoms with van der Waals surface area (Å²) in [5, 5.41) is 11.0. The molecule has 0 aliphatic heterocycles. The minimum atomic E-state index is 0.166. The van der Waals surface area contributed by atoms with Gasteiger partial charge in [-0.15, -0.1) is 0 Å². The van der Waals surface area contributed by atoms with Crippen LogP contribution in [0.1, 0.15) is 16.7 Å². The molecular formula is C19H20N2O2. The number of aryl methyl sites for hydroxylation is 1. The first-order valence-electron chi connectivity index (χ1n) is 7.61. The number of benzene rings is 2. The highest BCUT2D eigenvalue weighted by atomic mass is 16.5. The molecule has 23 heavy (non-hydrogen) atoms. The van der Waals surface area contributed by atoms with E-state index in [0.717, 1.165) is 34.2 Å². The molecule has 4 heteroatoms. The second-order valence-electron chi connectivity index (χ2n) is 5.57. The van der Waals surface area contributed by atoms with Crippen molar-refractivity contribution in [3.63, 3.8) is 0 Å². The summed E-state index contributed by atoms with van der Waals surface area (Å²) in [6.45, 7) is 2.70. The third kappa shape index (κ3) is 3.37. The van der Waals surface area contributed by atoms with Crippen LogP contribution in [-0.4, -0.2) is 30.0 Å². The molecule has 0 saturated heterocycles. The maximum atomic E-state index is 10.0. The molecule has 0 saturated carbocycles.